The van der Waals surface area contributed by atoms with Crippen molar-refractivity contribution in [1.29, 1.82) is 0 Å². The van der Waals surface area contributed by atoms with E-state index in [1.54, 1.807) is 6.92 Å². The number of ether oxygens (including phenoxy) is 2. The molecule has 0 spiro atoms. The molecule has 0 heterocycles. The van der Waals surface area contributed by atoms with Crippen molar-refractivity contribution in [2.45, 2.75) is 38.9 Å². The Morgan fingerprint density at radius 3 is 2.22 bits per heavy atom. The molecule has 0 saturated heterocycles. The summed E-state index contributed by atoms with van der Waals surface area (Å²) in [6.45, 7) is 6.85. The van der Waals surface area contributed by atoms with Crippen LogP contribution in [0.25, 0.3) is 0 Å². The molecule has 1 aliphatic rings. The minimum Gasteiger partial charge on any atom is -0.350 e. The van der Waals surface area contributed by atoms with Gasteiger partial charge in [-0.1, -0.05) is 24.3 Å². The fourth-order valence-electron chi connectivity index (χ4n) is 2.40. The molecule has 3 nitrogen and oxygen atoms in total. The summed E-state index contributed by atoms with van der Waals surface area (Å²) in [6.07, 6.45) is 0.897. The molecule has 3 heteroatoms. The first kappa shape index (κ1) is 13.2. The highest BCUT2D eigenvalue weighted by molar-refractivity contribution is 5.94. The molecule has 0 aromatic heterocycles. The first-order valence-electron chi connectivity index (χ1n) is 6.51. The van der Waals surface area contributed by atoms with Crippen molar-refractivity contribution in [2.24, 2.45) is 0 Å². The van der Waals surface area contributed by atoms with Gasteiger partial charge in [0, 0.05) is 31.1 Å². The largest absolute Gasteiger partial charge is 0.350 e. The molecule has 98 valence electrons. The summed E-state index contributed by atoms with van der Waals surface area (Å²) < 4.78 is 11.5. The van der Waals surface area contributed by atoms with Crippen LogP contribution in [0.4, 0.5) is 0 Å². The van der Waals surface area contributed by atoms with Gasteiger partial charge in [-0.3, -0.25) is 4.79 Å². The third kappa shape index (κ3) is 2.47. The second kappa shape index (κ2) is 5.21. The Kier molecular flexibility index (Phi) is 3.83. The number of rotatable bonds is 6. The van der Waals surface area contributed by atoms with Crippen LogP contribution in [0.5, 0.6) is 0 Å². The summed E-state index contributed by atoms with van der Waals surface area (Å²) in [5, 5.41) is 0. The van der Waals surface area contributed by atoms with Crippen molar-refractivity contribution in [3.8, 4) is 0 Å². The van der Waals surface area contributed by atoms with Crippen LogP contribution in [0.1, 0.15) is 49.0 Å². The molecule has 1 aromatic rings. The lowest BCUT2D eigenvalue weighted by molar-refractivity contribution is -0.164. The highest BCUT2D eigenvalue weighted by Crippen LogP contribution is 2.55. The van der Waals surface area contributed by atoms with Gasteiger partial charge in [-0.05, 0) is 26.3 Å². The maximum Gasteiger partial charge on any atom is 0.175 e. The van der Waals surface area contributed by atoms with E-state index < -0.39 is 5.79 Å². The zero-order valence-corrected chi connectivity index (χ0v) is 11.2. The molecule has 0 aliphatic heterocycles. The molecule has 0 radical (unpaired) electrons. The van der Waals surface area contributed by atoms with Crippen molar-refractivity contribution in [3.05, 3.63) is 35.4 Å². The van der Waals surface area contributed by atoms with Crippen molar-refractivity contribution >= 4 is 5.78 Å². The van der Waals surface area contributed by atoms with Gasteiger partial charge in [0.05, 0.1) is 0 Å². The average Bonchev–Trinajstić information content (AvgIpc) is 3.04. The van der Waals surface area contributed by atoms with E-state index in [4.69, 9.17) is 9.47 Å². The van der Waals surface area contributed by atoms with Gasteiger partial charge < -0.3 is 9.47 Å². The first-order chi connectivity index (χ1) is 8.63. The summed E-state index contributed by atoms with van der Waals surface area (Å²) in [4.78, 5) is 11.2. The Bertz CT molecular complexity index is 416. The number of benzene rings is 1. The van der Waals surface area contributed by atoms with Gasteiger partial charge in [-0.15, -0.1) is 0 Å². The van der Waals surface area contributed by atoms with E-state index in [1.807, 2.05) is 38.1 Å². The van der Waals surface area contributed by atoms with Crippen LogP contribution >= 0.6 is 0 Å². The van der Waals surface area contributed by atoms with Crippen LogP contribution in [0.2, 0.25) is 0 Å². The molecule has 1 saturated carbocycles. The van der Waals surface area contributed by atoms with E-state index in [9.17, 15) is 4.79 Å². The van der Waals surface area contributed by atoms with E-state index in [2.05, 4.69) is 0 Å². The Morgan fingerprint density at radius 1 is 1.22 bits per heavy atom. The molecule has 2 rings (SSSR count). The second-order valence-electron chi connectivity index (χ2n) is 4.61. The van der Waals surface area contributed by atoms with Gasteiger partial charge in [-0.25, -0.2) is 0 Å². The number of carbonyl (C=O) groups is 1. The Hall–Kier alpha value is -1.19. The van der Waals surface area contributed by atoms with Crippen molar-refractivity contribution < 1.29 is 14.3 Å². The maximum absolute atomic E-state index is 11.2. The third-order valence-electron chi connectivity index (χ3n) is 3.36. The first-order valence-corrected chi connectivity index (χ1v) is 6.51. The van der Waals surface area contributed by atoms with Crippen LogP contribution in [-0.4, -0.2) is 24.8 Å². The van der Waals surface area contributed by atoms with Gasteiger partial charge in [-0.2, -0.15) is 0 Å². The van der Waals surface area contributed by atoms with E-state index in [0.717, 1.165) is 12.0 Å². The Morgan fingerprint density at radius 2 is 1.78 bits per heavy atom. The van der Waals surface area contributed by atoms with E-state index in [-0.39, 0.29) is 5.78 Å². The predicted molar refractivity (Wildman–Crippen MR) is 69.8 cm³/mol. The zero-order chi connectivity index (χ0) is 13.2. The summed E-state index contributed by atoms with van der Waals surface area (Å²) in [5.74, 6) is -0.0436. The lowest BCUT2D eigenvalue weighted by Gasteiger charge is -2.17. The molecule has 1 aromatic carbocycles. The van der Waals surface area contributed by atoms with Gasteiger partial charge in [0.25, 0.3) is 0 Å². The fraction of sp³-hybridized carbons (Fsp3) is 0.533. The Balaban J connectivity index is 2.11. The number of ketones is 1. The normalized spacial score (nSPS) is 20.7. The standard InChI is InChI=1S/C15H20O3/c1-4-17-15(18-5-2)10-14(15)13-8-6-12(7-9-13)11(3)16/h6-9,14H,4-5,10H2,1-3H3/t14-/m1/s1. The Labute approximate surface area is 108 Å². The lowest BCUT2D eigenvalue weighted by Crippen LogP contribution is -2.21. The van der Waals surface area contributed by atoms with Gasteiger partial charge >= 0.3 is 0 Å². The highest BCUT2D eigenvalue weighted by atomic mass is 16.7. The average molecular weight is 248 g/mol. The highest BCUT2D eigenvalue weighted by Gasteiger charge is 2.57. The minimum absolute atomic E-state index is 0.0956. The van der Waals surface area contributed by atoms with Crippen molar-refractivity contribution in [2.75, 3.05) is 13.2 Å². The lowest BCUT2D eigenvalue weighted by atomic mass is 10.1. The van der Waals surface area contributed by atoms with Gasteiger partial charge in [0.1, 0.15) is 0 Å². The molecule has 1 atom stereocenters. The molecule has 1 aliphatic carbocycles. The fourth-order valence-corrected chi connectivity index (χ4v) is 2.40. The van der Waals surface area contributed by atoms with Crippen LogP contribution in [0.15, 0.2) is 24.3 Å². The number of hydrogen-bond acceptors (Lipinski definition) is 3. The molecule has 0 bridgehead atoms. The van der Waals surface area contributed by atoms with Crippen molar-refractivity contribution in [3.63, 3.8) is 0 Å². The molecule has 18 heavy (non-hydrogen) atoms. The van der Waals surface area contributed by atoms with Crippen LogP contribution in [-0.2, 0) is 9.47 Å². The van der Waals surface area contributed by atoms with E-state index in [1.165, 1.54) is 5.56 Å². The molecule has 0 amide bonds. The predicted octanol–water partition coefficient (Wildman–Crippen LogP) is 3.15. The van der Waals surface area contributed by atoms with Crippen LogP contribution in [0.3, 0.4) is 0 Å². The summed E-state index contributed by atoms with van der Waals surface area (Å²) in [5.41, 5.74) is 1.93. The molecule has 1 fully saturated rings. The molecule has 0 N–H and O–H groups in total. The second-order valence-corrected chi connectivity index (χ2v) is 4.61. The molecular formula is C15H20O3. The quantitative estimate of drug-likeness (QED) is 0.573. The number of hydrogen-bond donors (Lipinski definition) is 0. The van der Waals surface area contributed by atoms with E-state index >= 15 is 0 Å². The molecule has 0 unspecified atom stereocenters. The minimum atomic E-state index is -0.429. The van der Waals surface area contributed by atoms with Crippen LogP contribution in [0, 0.1) is 0 Å². The maximum atomic E-state index is 11.2. The van der Waals surface area contributed by atoms with Crippen molar-refractivity contribution in [1.82, 2.24) is 0 Å². The summed E-state index contributed by atoms with van der Waals surface area (Å²) >= 11 is 0. The summed E-state index contributed by atoms with van der Waals surface area (Å²) in [6, 6.07) is 7.75. The van der Waals surface area contributed by atoms with Crippen LogP contribution < -0.4 is 0 Å². The number of carbonyl (C=O) groups excluding carboxylic acids is 1. The number of Topliss-reactive ketones (excluding diaryl/α,β-unsaturated/α-hetero) is 1. The van der Waals surface area contributed by atoms with E-state index in [0.29, 0.717) is 19.1 Å². The van der Waals surface area contributed by atoms with Gasteiger partial charge in [0.2, 0.25) is 0 Å². The smallest absolute Gasteiger partial charge is 0.175 e. The monoisotopic (exact) mass is 248 g/mol. The zero-order valence-electron chi connectivity index (χ0n) is 11.2. The molecular weight excluding hydrogens is 228 g/mol. The van der Waals surface area contributed by atoms with Gasteiger partial charge in [0.15, 0.2) is 11.6 Å². The topological polar surface area (TPSA) is 35.5 Å². The third-order valence-corrected chi connectivity index (χ3v) is 3.36. The SMILES string of the molecule is CCOC1(OCC)C[C@@H]1c1ccc(C(C)=O)cc1. The summed E-state index contributed by atoms with van der Waals surface area (Å²) in [7, 11) is 0.